The third-order valence-electron chi connectivity index (χ3n) is 4.71. The van der Waals surface area contributed by atoms with Gasteiger partial charge in [-0.2, -0.15) is 0 Å². The van der Waals surface area contributed by atoms with E-state index in [1.807, 2.05) is 48.5 Å². The molecule has 1 unspecified atom stereocenters. The van der Waals surface area contributed by atoms with Crippen LogP contribution in [0.2, 0.25) is 0 Å². The van der Waals surface area contributed by atoms with Crippen LogP contribution in [0.3, 0.4) is 0 Å². The van der Waals surface area contributed by atoms with Crippen LogP contribution < -0.4 is 14.8 Å². The second kappa shape index (κ2) is 9.42. The molecule has 5 heteroatoms. The number of anilines is 1. The van der Waals surface area contributed by atoms with E-state index in [0.29, 0.717) is 18.4 Å². The van der Waals surface area contributed by atoms with Gasteiger partial charge in [0.1, 0.15) is 17.6 Å². The van der Waals surface area contributed by atoms with Crippen molar-refractivity contribution in [1.29, 1.82) is 0 Å². The second-order valence-electron chi connectivity index (χ2n) is 6.85. The Morgan fingerprint density at radius 1 is 1.11 bits per heavy atom. The summed E-state index contributed by atoms with van der Waals surface area (Å²) in [5, 5.41) is 2.90. The van der Waals surface area contributed by atoms with Gasteiger partial charge < -0.3 is 19.5 Å². The molecule has 5 nitrogen and oxygen atoms in total. The van der Waals surface area contributed by atoms with E-state index in [1.54, 1.807) is 14.0 Å². The van der Waals surface area contributed by atoms with Gasteiger partial charge in [-0.15, -0.1) is 0 Å². The lowest BCUT2D eigenvalue weighted by Gasteiger charge is -2.16. The molecule has 1 amide bonds. The first-order valence-electron chi connectivity index (χ1n) is 9.46. The maximum absolute atomic E-state index is 12.4. The fourth-order valence-corrected chi connectivity index (χ4v) is 3.15. The summed E-state index contributed by atoms with van der Waals surface area (Å²) < 4.78 is 16.9. The van der Waals surface area contributed by atoms with E-state index in [-0.39, 0.29) is 5.91 Å². The lowest BCUT2D eigenvalue weighted by molar-refractivity contribution is -0.127. The predicted molar refractivity (Wildman–Crippen MR) is 105 cm³/mol. The van der Waals surface area contributed by atoms with E-state index >= 15 is 0 Å². The van der Waals surface area contributed by atoms with Crippen molar-refractivity contribution in [3.63, 3.8) is 0 Å². The first-order chi connectivity index (χ1) is 13.1. The predicted octanol–water partition coefficient (Wildman–Crippen LogP) is 4.56. The maximum atomic E-state index is 12.4. The minimum atomic E-state index is -0.574. The molecule has 1 aliphatic rings. The minimum absolute atomic E-state index is 0.184. The minimum Gasteiger partial charge on any atom is -0.497 e. The number of nitrogens with one attached hydrogen (secondary N) is 1. The van der Waals surface area contributed by atoms with E-state index in [9.17, 15) is 4.79 Å². The van der Waals surface area contributed by atoms with Crippen molar-refractivity contribution >= 4 is 11.6 Å². The standard InChI is InChI=1S/C22H27NO4/c1-16(26-15-17-7-5-11-20(13-17)25-2)22(24)23-18-8-6-12-21(14-18)27-19-9-3-4-10-19/h5-8,11-14,16,19H,3-4,9-10,15H2,1-2H3,(H,23,24). The Morgan fingerprint density at radius 2 is 1.85 bits per heavy atom. The van der Waals surface area contributed by atoms with Gasteiger partial charge in [-0.05, 0) is 62.4 Å². The molecule has 0 heterocycles. The van der Waals surface area contributed by atoms with E-state index in [2.05, 4.69) is 5.32 Å². The van der Waals surface area contributed by atoms with Crippen molar-refractivity contribution in [2.45, 2.75) is 51.4 Å². The largest absolute Gasteiger partial charge is 0.497 e. The average Bonchev–Trinajstić information content (AvgIpc) is 3.19. The smallest absolute Gasteiger partial charge is 0.253 e. The fourth-order valence-electron chi connectivity index (χ4n) is 3.15. The van der Waals surface area contributed by atoms with Gasteiger partial charge in [0.25, 0.3) is 5.91 Å². The lowest BCUT2D eigenvalue weighted by atomic mass is 10.2. The summed E-state index contributed by atoms with van der Waals surface area (Å²) in [7, 11) is 1.63. The maximum Gasteiger partial charge on any atom is 0.253 e. The highest BCUT2D eigenvalue weighted by Crippen LogP contribution is 2.26. The Balaban J connectivity index is 1.51. The lowest BCUT2D eigenvalue weighted by Crippen LogP contribution is -2.27. The Morgan fingerprint density at radius 3 is 2.63 bits per heavy atom. The first-order valence-corrected chi connectivity index (χ1v) is 9.46. The number of carbonyl (C=O) groups excluding carboxylic acids is 1. The molecule has 2 aromatic carbocycles. The number of rotatable bonds is 8. The number of carbonyl (C=O) groups is 1. The van der Waals surface area contributed by atoms with Crippen molar-refractivity contribution in [1.82, 2.24) is 0 Å². The van der Waals surface area contributed by atoms with Crippen LogP contribution in [0.4, 0.5) is 5.69 Å². The van der Waals surface area contributed by atoms with Gasteiger partial charge in [-0.25, -0.2) is 0 Å². The monoisotopic (exact) mass is 369 g/mol. The van der Waals surface area contributed by atoms with Crippen LogP contribution in [0, 0.1) is 0 Å². The molecule has 3 rings (SSSR count). The van der Waals surface area contributed by atoms with Crippen LogP contribution in [0.15, 0.2) is 48.5 Å². The van der Waals surface area contributed by atoms with Crippen LogP contribution in [0.5, 0.6) is 11.5 Å². The average molecular weight is 369 g/mol. The molecule has 0 radical (unpaired) electrons. The van der Waals surface area contributed by atoms with E-state index in [4.69, 9.17) is 14.2 Å². The fraction of sp³-hybridized carbons (Fsp3) is 0.409. The highest BCUT2D eigenvalue weighted by atomic mass is 16.5. The number of benzene rings is 2. The first kappa shape index (κ1) is 19.2. The Bertz CT molecular complexity index is 755. The summed E-state index contributed by atoms with van der Waals surface area (Å²) in [5.74, 6) is 1.38. The molecule has 0 aromatic heterocycles. The van der Waals surface area contributed by atoms with Gasteiger partial charge in [0.15, 0.2) is 0 Å². The van der Waals surface area contributed by atoms with Crippen molar-refractivity contribution < 1.29 is 19.0 Å². The van der Waals surface area contributed by atoms with Crippen molar-refractivity contribution in [3.05, 3.63) is 54.1 Å². The molecule has 2 aromatic rings. The summed E-state index contributed by atoms with van der Waals surface area (Å²) in [4.78, 5) is 12.4. The Hall–Kier alpha value is -2.53. The molecule has 1 aliphatic carbocycles. The van der Waals surface area contributed by atoms with E-state index in [0.717, 1.165) is 29.9 Å². The SMILES string of the molecule is COc1cccc(COC(C)C(=O)Nc2cccc(OC3CCCC3)c2)c1. The Kier molecular flexibility index (Phi) is 6.71. The highest BCUT2D eigenvalue weighted by molar-refractivity contribution is 5.94. The summed E-state index contributed by atoms with van der Waals surface area (Å²) in [6.45, 7) is 2.09. The molecule has 144 valence electrons. The zero-order valence-electron chi connectivity index (χ0n) is 15.9. The van der Waals surface area contributed by atoms with Gasteiger partial charge in [0, 0.05) is 11.8 Å². The zero-order chi connectivity index (χ0) is 19.1. The number of methoxy groups -OCH3 is 1. The zero-order valence-corrected chi connectivity index (χ0v) is 15.9. The molecule has 1 saturated carbocycles. The third-order valence-corrected chi connectivity index (χ3v) is 4.71. The third kappa shape index (κ3) is 5.73. The molecule has 1 atom stereocenters. The molecular formula is C22H27NO4. The molecule has 0 spiro atoms. The summed E-state index contributed by atoms with van der Waals surface area (Å²) >= 11 is 0. The van der Waals surface area contributed by atoms with Crippen LogP contribution >= 0.6 is 0 Å². The Labute approximate surface area is 160 Å². The molecule has 0 saturated heterocycles. The van der Waals surface area contributed by atoms with Gasteiger partial charge in [0.2, 0.25) is 0 Å². The topological polar surface area (TPSA) is 56.8 Å². The van der Waals surface area contributed by atoms with Crippen LogP contribution in [0.1, 0.15) is 38.2 Å². The summed E-state index contributed by atoms with van der Waals surface area (Å²) in [5.41, 5.74) is 1.67. The molecule has 1 N–H and O–H groups in total. The van der Waals surface area contributed by atoms with Gasteiger partial charge in [0.05, 0.1) is 19.8 Å². The number of ether oxygens (including phenoxy) is 3. The van der Waals surface area contributed by atoms with Crippen LogP contribution in [-0.2, 0) is 16.1 Å². The molecule has 0 aliphatic heterocycles. The highest BCUT2D eigenvalue weighted by Gasteiger charge is 2.17. The second-order valence-corrected chi connectivity index (χ2v) is 6.85. The van der Waals surface area contributed by atoms with Crippen molar-refractivity contribution in [2.75, 3.05) is 12.4 Å². The number of hydrogen-bond acceptors (Lipinski definition) is 4. The molecule has 0 bridgehead atoms. The van der Waals surface area contributed by atoms with E-state index in [1.165, 1.54) is 12.8 Å². The quantitative estimate of drug-likeness (QED) is 0.741. The number of hydrogen-bond donors (Lipinski definition) is 1. The molecule has 27 heavy (non-hydrogen) atoms. The van der Waals surface area contributed by atoms with Gasteiger partial charge >= 0.3 is 0 Å². The summed E-state index contributed by atoms with van der Waals surface area (Å²) in [6, 6.07) is 15.2. The van der Waals surface area contributed by atoms with Gasteiger partial charge in [-0.1, -0.05) is 18.2 Å². The normalized spacial score (nSPS) is 15.3. The van der Waals surface area contributed by atoms with E-state index < -0.39 is 6.10 Å². The van der Waals surface area contributed by atoms with Crippen molar-refractivity contribution in [3.8, 4) is 11.5 Å². The molecule has 1 fully saturated rings. The summed E-state index contributed by atoms with van der Waals surface area (Å²) in [6.07, 6.45) is 4.38. The number of amides is 1. The van der Waals surface area contributed by atoms with Crippen LogP contribution in [-0.4, -0.2) is 25.2 Å². The van der Waals surface area contributed by atoms with Crippen LogP contribution in [0.25, 0.3) is 0 Å². The van der Waals surface area contributed by atoms with Gasteiger partial charge in [-0.3, -0.25) is 4.79 Å². The molecular weight excluding hydrogens is 342 g/mol. The van der Waals surface area contributed by atoms with Crippen molar-refractivity contribution in [2.24, 2.45) is 0 Å².